The largest absolute Gasteiger partial charge is 0.381 e. The van der Waals surface area contributed by atoms with E-state index in [1.807, 2.05) is 27.0 Å². The number of hydrogen-bond donors (Lipinski definition) is 2. The van der Waals surface area contributed by atoms with Gasteiger partial charge in [0.2, 0.25) is 10.0 Å². The molecular weight excluding hydrogens is 288 g/mol. The highest BCUT2D eigenvalue weighted by atomic mass is 32.2. The smallest absolute Gasteiger partial charge is 0.241 e. The fourth-order valence-electron chi connectivity index (χ4n) is 2.43. The summed E-state index contributed by atoms with van der Waals surface area (Å²) in [6.45, 7) is 5.12. The van der Waals surface area contributed by atoms with E-state index in [1.165, 1.54) is 0 Å². The maximum Gasteiger partial charge on any atom is 0.241 e. The average Bonchev–Trinajstić information content (AvgIpc) is 2.46. The molecule has 6 heteroatoms. The van der Waals surface area contributed by atoms with E-state index >= 15 is 0 Å². The van der Waals surface area contributed by atoms with E-state index in [2.05, 4.69) is 10.0 Å². The Morgan fingerprint density at radius 3 is 2.57 bits per heavy atom. The third kappa shape index (κ3) is 4.03. The van der Waals surface area contributed by atoms with Gasteiger partial charge in [0.25, 0.3) is 0 Å². The van der Waals surface area contributed by atoms with E-state index in [0.29, 0.717) is 31.0 Å². The molecule has 0 saturated carbocycles. The molecule has 1 aliphatic rings. The Kier molecular flexibility index (Phi) is 5.03. The van der Waals surface area contributed by atoms with Crippen LogP contribution in [0.3, 0.4) is 0 Å². The number of benzene rings is 1. The van der Waals surface area contributed by atoms with Gasteiger partial charge in [-0.2, -0.15) is 0 Å². The Morgan fingerprint density at radius 2 is 1.95 bits per heavy atom. The molecule has 1 heterocycles. The Labute approximate surface area is 127 Å². The van der Waals surface area contributed by atoms with Gasteiger partial charge in [0, 0.05) is 24.8 Å². The van der Waals surface area contributed by atoms with E-state index in [4.69, 9.17) is 4.74 Å². The zero-order chi connectivity index (χ0) is 15.5. The first-order chi connectivity index (χ1) is 9.86. The quantitative estimate of drug-likeness (QED) is 0.870. The van der Waals surface area contributed by atoms with Gasteiger partial charge in [0.15, 0.2) is 0 Å². The second-order valence-corrected chi connectivity index (χ2v) is 7.54. The predicted molar refractivity (Wildman–Crippen MR) is 82.7 cm³/mol. The van der Waals surface area contributed by atoms with Crippen LogP contribution in [0.15, 0.2) is 29.2 Å². The molecule has 0 amide bonds. The van der Waals surface area contributed by atoms with Crippen molar-refractivity contribution in [1.29, 1.82) is 0 Å². The minimum absolute atomic E-state index is 0.110. The monoisotopic (exact) mass is 312 g/mol. The van der Waals surface area contributed by atoms with E-state index in [-0.39, 0.29) is 6.04 Å². The minimum atomic E-state index is -3.52. The van der Waals surface area contributed by atoms with Crippen LogP contribution < -0.4 is 10.0 Å². The summed E-state index contributed by atoms with van der Waals surface area (Å²) in [5.41, 5.74) is 0.527. The van der Waals surface area contributed by atoms with Gasteiger partial charge in [-0.25, -0.2) is 13.1 Å². The zero-order valence-corrected chi connectivity index (χ0v) is 13.7. The van der Waals surface area contributed by atoms with Gasteiger partial charge in [-0.3, -0.25) is 0 Å². The summed E-state index contributed by atoms with van der Waals surface area (Å²) in [7, 11) is -1.66. The number of rotatable bonds is 5. The number of hydrogen-bond acceptors (Lipinski definition) is 4. The van der Waals surface area contributed by atoms with Gasteiger partial charge in [-0.15, -0.1) is 0 Å². The number of nitrogens with one attached hydrogen (secondary N) is 2. The molecule has 0 radical (unpaired) electrons. The molecule has 118 valence electrons. The predicted octanol–water partition coefficient (Wildman–Crippen LogP) is 1.81. The van der Waals surface area contributed by atoms with Crippen molar-refractivity contribution < 1.29 is 13.2 Å². The first-order valence-electron chi connectivity index (χ1n) is 7.25. The molecule has 0 spiro atoms. The molecular formula is C15H24N2O3S. The topological polar surface area (TPSA) is 67.4 Å². The van der Waals surface area contributed by atoms with Crippen molar-refractivity contribution in [3.05, 3.63) is 29.8 Å². The van der Waals surface area contributed by atoms with Gasteiger partial charge in [-0.05, 0) is 51.4 Å². The lowest BCUT2D eigenvalue weighted by Crippen LogP contribution is -2.49. The van der Waals surface area contributed by atoms with Crippen molar-refractivity contribution in [2.45, 2.75) is 43.2 Å². The van der Waals surface area contributed by atoms with Gasteiger partial charge >= 0.3 is 0 Å². The summed E-state index contributed by atoms with van der Waals surface area (Å²) in [6.07, 6.45) is 1.39. The molecule has 1 aromatic carbocycles. The molecule has 1 atom stereocenters. The Hall–Kier alpha value is -0.950. The van der Waals surface area contributed by atoms with Crippen LogP contribution in [0, 0.1) is 0 Å². The van der Waals surface area contributed by atoms with Crippen molar-refractivity contribution >= 4 is 10.0 Å². The molecule has 5 nitrogen and oxygen atoms in total. The SMILES string of the molecule is CNC(C)c1cccc(S(=O)(=O)NC2(C)CCOCC2)c1. The lowest BCUT2D eigenvalue weighted by atomic mass is 9.94. The van der Waals surface area contributed by atoms with Gasteiger partial charge in [0.05, 0.1) is 4.90 Å². The molecule has 1 aromatic rings. The first kappa shape index (κ1) is 16.4. The Bertz CT molecular complexity index is 580. The molecule has 1 aliphatic heterocycles. The molecule has 2 N–H and O–H groups in total. The molecule has 1 fully saturated rings. The second kappa shape index (κ2) is 6.44. The van der Waals surface area contributed by atoms with Crippen molar-refractivity contribution in [3.8, 4) is 0 Å². The summed E-state index contributed by atoms with van der Waals surface area (Å²) in [6, 6.07) is 7.18. The van der Waals surface area contributed by atoms with Crippen LogP contribution in [0.2, 0.25) is 0 Å². The normalized spacial score (nSPS) is 20.1. The summed E-state index contributed by atoms with van der Waals surface area (Å²) in [4.78, 5) is 0.315. The maximum atomic E-state index is 12.6. The minimum Gasteiger partial charge on any atom is -0.381 e. The highest BCUT2D eigenvalue weighted by Crippen LogP contribution is 2.24. The molecule has 2 rings (SSSR count). The fourth-order valence-corrected chi connectivity index (χ4v) is 3.94. The van der Waals surface area contributed by atoms with Crippen LogP contribution >= 0.6 is 0 Å². The summed E-state index contributed by atoms with van der Waals surface area (Å²) < 4.78 is 33.3. The van der Waals surface area contributed by atoms with E-state index in [9.17, 15) is 8.42 Å². The van der Waals surface area contributed by atoms with Gasteiger partial charge < -0.3 is 10.1 Å². The average molecular weight is 312 g/mol. The van der Waals surface area contributed by atoms with E-state index in [1.54, 1.807) is 18.2 Å². The van der Waals surface area contributed by atoms with Crippen LogP contribution in [0.1, 0.15) is 38.3 Å². The number of sulfonamides is 1. The first-order valence-corrected chi connectivity index (χ1v) is 8.74. The van der Waals surface area contributed by atoms with Crippen molar-refractivity contribution in [2.75, 3.05) is 20.3 Å². The summed E-state index contributed by atoms with van der Waals surface area (Å²) in [5, 5.41) is 3.12. The van der Waals surface area contributed by atoms with Crippen molar-refractivity contribution in [1.82, 2.24) is 10.0 Å². The Balaban J connectivity index is 2.23. The van der Waals surface area contributed by atoms with Crippen molar-refractivity contribution in [3.63, 3.8) is 0 Å². The van der Waals surface area contributed by atoms with Crippen molar-refractivity contribution in [2.24, 2.45) is 0 Å². The molecule has 0 bridgehead atoms. The standard InChI is InChI=1S/C15H24N2O3S/c1-12(16-3)13-5-4-6-14(11-13)21(18,19)17-15(2)7-9-20-10-8-15/h4-6,11-12,16-17H,7-10H2,1-3H3. The second-order valence-electron chi connectivity index (χ2n) is 5.86. The number of ether oxygens (including phenoxy) is 1. The molecule has 1 unspecified atom stereocenters. The van der Waals surface area contributed by atoms with Crippen LogP contribution in [-0.4, -0.2) is 34.2 Å². The van der Waals surface area contributed by atoms with Crippen LogP contribution in [0.4, 0.5) is 0 Å². The van der Waals surface area contributed by atoms with Gasteiger partial charge in [-0.1, -0.05) is 12.1 Å². The summed E-state index contributed by atoms with van der Waals surface area (Å²) in [5.74, 6) is 0. The Morgan fingerprint density at radius 1 is 1.29 bits per heavy atom. The third-order valence-electron chi connectivity index (χ3n) is 4.08. The molecule has 0 aromatic heterocycles. The highest BCUT2D eigenvalue weighted by Gasteiger charge is 2.32. The maximum absolute atomic E-state index is 12.6. The molecule has 1 saturated heterocycles. The summed E-state index contributed by atoms with van der Waals surface area (Å²) >= 11 is 0. The van der Waals surface area contributed by atoms with E-state index < -0.39 is 15.6 Å². The zero-order valence-electron chi connectivity index (χ0n) is 12.8. The van der Waals surface area contributed by atoms with Crippen LogP contribution in [0.5, 0.6) is 0 Å². The lowest BCUT2D eigenvalue weighted by molar-refractivity contribution is 0.0537. The van der Waals surface area contributed by atoms with Crippen LogP contribution in [0.25, 0.3) is 0 Å². The fraction of sp³-hybridized carbons (Fsp3) is 0.600. The van der Waals surface area contributed by atoms with E-state index in [0.717, 1.165) is 5.56 Å². The van der Waals surface area contributed by atoms with Gasteiger partial charge in [0.1, 0.15) is 0 Å². The lowest BCUT2D eigenvalue weighted by Gasteiger charge is -2.34. The highest BCUT2D eigenvalue weighted by molar-refractivity contribution is 7.89. The molecule has 21 heavy (non-hydrogen) atoms. The van der Waals surface area contributed by atoms with Crippen LogP contribution in [-0.2, 0) is 14.8 Å². The molecule has 0 aliphatic carbocycles. The third-order valence-corrected chi connectivity index (χ3v) is 5.71.